The summed E-state index contributed by atoms with van der Waals surface area (Å²) in [5.74, 6) is 0.362. The molecule has 39 heavy (non-hydrogen) atoms. The molecule has 15 heteroatoms. The van der Waals surface area contributed by atoms with Crippen molar-refractivity contribution in [1.82, 2.24) is 0 Å². The first-order chi connectivity index (χ1) is 18.8. The van der Waals surface area contributed by atoms with E-state index in [9.17, 15) is 9.59 Å². The van der Waals surface area contributed by atoms with Crippen LogP contribution in [-0.2, 0) is 19.1 Å². The summed E-state index contributed by atoms with van der Waals surface area (Å²) in [5, 5.41) is 0. The molecule has 0 aliphatic carbocycles. The van der Waals surface area contributed by atoms with Crippen LogP contribution in [0.5, 0.6) is 0 Å². The Morgan fingerprint density at radius 3 is 1.67 bits per heavy atom. The summed E-state index contributed by atoms with van der Waals surface area (Å²) in [7, 11) is 2.60. The number of methoxy groups -OCH3 is 2. The van der Waals surface area contributed by atoms with Crippen LogP contribution in [0.2, 0.25) is 0 Å². The normalized spacial score (nSPS) is 17.5. The molecular formula is C24H22O5S10. The number of carbonyl (C=O) groups excluding carboxylic acids is 2. The van der Waals surface area contributed by atoms with Gasteiger partial charge in [0.1, 0.15) is 21.3 Å². The van der Waals surface area contributed by atoms with Gasteiger partial charge in [-0.3, -0.25) is 0 Å². The maximum atomic E-state index is 12.4. The van der Waals surface area contributed by atoms with Gasteiger partial charge in [-0.2, -0.15) is 0 Å². The van der Waals surface area contributed by atoms with E-state index in [0.29, 0.717) is 0 Å². The quantitative estimate of drug-likeness (QED) is 0.228. The Labute approximate surface area is 270 Å². The first-order valence-corrected chi connectivity index (χ1v) is 20.6. The van der Waals surface area contributed by atoms with Crippen molar-refractivity contribution in [2.45, 2.75) is 0 Å². The summed E-state index contributed by atoms with van der Waals surface area (Å²) in [6.07, 6.45) is 12.4. The standard InChI is InChI=1S/C24H22O5S10/c1-27-18(25)16-17(19(26)28-2)35-15(34-16)10-12(20-38-23(32-5)24(33-6)39-20)13-8-7-11(29-13)9-14-36-21(30-3)22(31-4)37-14/h7-10H,1-6H3. The molecule has 4 rings (SSSR count). The van der Waals surface area contributed by atoms with Crippen LogP contribution in [0.3, 0.4) is 0 Å². The van der Waals surface area contributed by atoms with E-state index in [-0.39, 0.29) is 9.81 Å². The zero-order valence-corrected chi connectivity index (χ0v) is 29.6. The van der Waals surface area contributed by atoms with Crippen molar-refractivity contribution in [3.63, 3.8) is 0 Å². The van der Waals surface area contributed by atoms with Crippen LogP contribution in [0.4, 0.5) is 0 Å². The van der Waals surface area contributed by atoms with E-state index in [2.05, 4.69) is 31.1 Å². The van der Waals surface area contributed by atoms with E-state index in [1.807, 2.05) is 18.2 Å². The van der Waals surface area contributed by atoms with Crippen LogP contribution in [0.25, 0.3) is 11.6 Å². The fourth-order valence-electron chi connectivity index (χ4n) is 3.10. The lowest BCUT2D eigenvalue weighted by molar-refractivity contribution is -0.138. The largest absolute Gasteiger partial charge is 0.465 e. The molecule has 3 aliphatic heterocycles. The maximum Gasteiger partial charge on any atom is 0.346 e. The smallest absolute Gasteiger partial charge is 0.346 e. The predicted octanol–water partition coefficient (Wildman–Crippen LogP) is 9.79. The monoisotopic (exact) mass is 710 g/mol. The molecule has 3 aliphatic rings. The molecule has 0 amide bonds. The van der Waals surface area contributed by atoms with E-state index >= 15 is 0 Å². The fourth-order valence-corrected chi connectivity index (χ4v) is 15.4. The zero-order valence-electron chi connectivity index (χ0n) is 21.4. The van der Waals surface area contributed by atoms with Gasteiger partial charge in [0, 0.05) is 11.6 Å². The highest BCUT2D eigenvalue weighted by atomic mass is 32.3. The summed E-state index contributed by atoms with van der Waals surface area (Å²) >= 11 is 16.3. The topological polar surface area (TPSA) is 65.7 Å². The van der Waals surface area contributed by atoms with Crippen LogP contribution < -0.4 is 0 Å². The van der Waals surface area contributed by atoms with Crippen molar-refractivity contribution < 1.29 is 23.5 Å². The molecule has 208 valence electrons. The minimum Gasteiger partial charge on any atom is -0.465 e. The Bertz CT molecular complexity index is 1300. The predicted molar refractivity (Wildman–Crippen MR) is 186 cm³/mol. The van der Waals surface area contributed by atoms with Gasteiger partial charge >= 0.3 is 11.9 Å². The van der Waals surface area contributed by atoms with Crippen LogP contribution >= 0.6 is 118 Å². The SMILES string of the molecule is COC(=O)C1=C(C(=O)OC)SC(=CC(=C2SC(SC)=C(SC)S2)c2ccc(C=C3SC(SC)=C(SC)S3)o2)S1. The molecule has 1 aromatic rings. The molecule has 0 N–H and O–H groups in total. The zero-order chi connectivity index (χ0) is 28.1. The van der Waals surface area contributed by atoms with Crippen molar-refractivity contribution in [1.29, 1.82) is 0 Å². The van der Waals surface area contributed by atoms with Crippen molar-refractivity contribution >= 4 is 141 Å². The second-order valence-electron chi connectivity index (χ2n) is 7.05. The molecule has 1 aromatic heterocycles. The Hall–Kier alpha value is 0.160. The van der Waals surface area contributed by atoms with Crippen LogP contribution in [-0.4, -0.2) is 51.2 Å². The lowest BCUT2D eigenvalue weighted by Gasteiger charge is -2.06. The van der Waals surface area contributed by atoms with Gasteiger partial charge in [-0.15, -0.1) is 47.0 Å². The van der Waals surface area contributed by atoms with Crippen LogP contribution in [0.1, 0.15) is 11.5 Å². The Morgan fingerprint density at radius 2 is 1.21 bits per heavy atom. The number of thioether (sulfide) groups is 10. The number of hydrogen-bond acceptors (Lipinski definition) is 15. The molecule has 0 saturated carbocycles. The van der Waals surface area contributed by atoms with E-state index in [1.165, 1.54) is 58.9 Å². The minimum atomic E-state index is -0.563. The summed E-state index contributed by atoms with van der Waals surface area (Å²) in [5.41, 5.74) is 0.898. The van der Waals surface area contributed by atoms with Crippen LogP contribution in [0, 0.1) is 0 Å². The molecule has 5 nitrogen and oxygen atoms in total. The van der Waals surface area contributed by atoms with Crippen molar-refractivity contribution in [2.24, 2.45) is 0 Å². The van der Waals surface area contributed by atoms with E-state index < -0.39 is 11.9 Å². The lowest BCUT2D eigenvalue weighted by atomic mass is 10.2. The summed E-state index contributed by atoms with van der Waals surface area (Å²) in [6.45, 7) is 0. The lowest BCUT2D eigenvalue weighted by Crippen LogP contribution is -2.08. The number of rotatable bonds is 9. The van der Waals surface area contributed by atoms with Gasteiger partial charge in [-0.05, 0) is 43.2 Å². The Morgan fingerprint density at radius 1 is 0.718 bits per heavy atom. The molecule has 0 unspecified atom stereocenters. The summed E-state index contributed by atoms with van der Waals surface area (Å²) in [6, 6.07) is 3.96. The van der Waals surface area contributed by atoms with Crippen molar-refractivity contribution in [3.8, 4) is 0 Å². The highest BCUT2D eigenvalue weighted by Gasteiger charge is 2.33. The Kier molecular flexibility index (Phi) is 12.4. The highest BCUT2D eigenvalue weighted by molar-refractivity contribution is 8.41. The second kappa shape index (κ2) is 15.1. The fraction of sp³-hybridized carbons (Fsp3) is 0.250. The number of hydrogen-bond donors (Lipinski definition) is 0. The summed E-state index contributed by atoms with van der Waals surface area (Å²) in [4.78, 5) is 25.3. The number of esters is 2. The van der Waals surface area contributed by atoms with E-state index in [1.54, 1.807) is 94.1 Å². The maximum absolute atomic E-state index is 12.4. The molecule has 0 atom stereocenters. The van der Waals surface area contributed by atoms with Crippen molar-refractivity contribution in [2.75, 3.05) is 39.2 Å². The number of carbonyl (C=O) groups is 2. The third-order valence-corrected chi connectivity index (χ3v) is 17.6. The molecule has 0 fully saturated rings. The average Bonchev–Trinajstić information content (AvgIpc) is 3.75. The second-order valence-corrected chi connectivity index (χ2v) is 18.4. The van der Waals surface area contributed by atoms with Gasteiger partial charge in [-0.25, -0.2) is 9.59 Å². The first-order valence-electron chi connectivity index (χ1n) is 10.8. The number of allylic oxidation sites excluding steroid dienone is 2. The van der Waals surface area contributed by atoms with Gasteiger partial charge in [0.25, 0.3) is 0 Å². The number of furan rings is 1. The average molecular weight is 711 g/mol. The molecule has 0 radical (unpaired) electrons. The van der Waals surface area contributed by atoms with E-state index in [0.717, 1.165) is 25.6 Å². The molecule has 0 saturated heterocycles. The molecular weight excluding hydrogens is 689 g/mol. The van der Waals surface area contributed by atoms with Gasteiger partial charge in [0.15, 0.2) is 0 Å². The number of ether oxygens (including phenoxy) is 2. The van der Waals surface area contributed by atoms with Gasteiger partial charge < -0.3 is 13.9 Å². The third-order valence-electron chi connectivity index (χ3n) is 4.82. The van der Waals surface area contributed by atoms with E-state index in [4.69, 9.17) is 13.9 Å². The molecule has 0 aromatic carbocycles. The summed E-state index contributed by atoms with van der Waals surface area (Å²) < 4.78 is 24.3. The third kappa shape index (κ3) is 7.57. The van der Waals surface area contributed by atoms with Crippen molar-refractivity contribution in [3.05, 3.63) is 69.2 Å². The first kappa shape index (κ1) is 32.1. The molecule has 0 spiro atoms. The Balaban J connectivity index is 1.69. The highest BCUT2D eigenvalue weighted by Crippen LogP contribution is 2.60. The van der Waals surface area contributed by atoms with Gasteiger partial charge in [0.2, 0.25) is 0 Å². The molecule has 4 heterocycles. The minimum absolute atomic E-state index is 0.228. The van der Waals surface area contributed by atoms with Gasteiger partial charge in [-0.1, -0.05) is 70.6 Å². The van der Waals surface area contributed by atoms with Crippen LogP contribution in [0.15, 0.2) is 62.1 Å². The molecule has 0 bridgehead atoms. The van der Waals surface area contributed by atoms with Gasteiger partial charge in [0.05, 0.1) is 43.9 Å².